The number of aromatic nitrogens is 2. The normalized spacial score (nSPS) is 22.3. The van der Waals surface area contributed by atoms with Crippen LogP contribution in [0.4, 0.5) is 0 Å². The Balaban J connectivity index is 1.77. The lowest BCUT2D eigenvalue weighted by Gasteiger charge is -2.14. The first kappa shape index (κ1) is 13.1. The molecule has 106 valence electrons. The van der Waals surface area contributed by atoms with Crippen molar-refractivity contribution in [3.63, 3.8) is 0 Å². The van der Waals surface area contributed by atoms with Gasteiger partial charge in [-0.1, -0.05) is 0 Å². The number of benzene rings is 1. The molecule has 1 amide bonds. The summed E-state index contributed by atoms with van der Waals surface area (Å²) in [7, 11) is 0. The minimum Gasteiger partial charge on any atom is -0.391 e. The monoisotopic (exact) mass is 274 g/mol. The molecule has 1 aromatic carbocycles. The van der Waals surface area contributed by atoms with E-state index in [0.717, 1.165) is 23.0 Å². The van der Waals surface area contributed by atoms with Crippen LogP contribution in [0.1, 0.15) is 15.9 Å². The number of aryl methyl sites for hydroxylation is 1. The number of aliphatic hydroxyl groups is 1. The van der Waals surface area contributed by atoms with Crippen LogP contribution in [0.2, 0.25) is 0 Å². The van der Waals surface area contributed by atoms with Crippen LogP contribution in [-0.2, 0) is 0 Å². The van der Waals surface area contributed by atoms with Gasteiger partial charge in [-0.15, -0.1) is 0 Å². The van der Waals surface area contributed by atoms with Crippen LogP contribution in [0.3, 0.4) is 0 Å². The highest BCUT2D eigenvalue weighted by Gasteiger charge is 2.25. The Morgan fingerprint density at radius 2 is 2.35 bits per heavy atom. The molecule has 6 nitrogen and oxygen atoms in total. The number of β-amino-alcohol motifs (C(OH)–C–C–N with tert-alkyl or cyclic N) is 1. The van der Waals surface area contributed by atoms with E-state index in [1.165, 1.54) is 0 Å². The molecule has 3 rings (SSSR count). The molecule has 4 N–H and O–H groups in total. The van der Waals surface area contributed by atoms with Crippen molar-refractivity contribution in [1.82, 2.24) is 20.8 Å². The third-order valence-electron chi connectivity index (χ3n) is 3.77. The summed E-state index contributed by atoms with van der Waals surface area (Å²) in [5.41, 5.74) is 2.36. The fourth-order valence-corrected chi connectivity index (χ4v) is 2.63. The first-order chi connectivity index (χ1) is 9.65. The second kappa shape index (κ2) is 5.22. The van der Waals surface area contributed by atoms with Gasteiger partial charge in [0.2, 0.25) is 0 Å². The molecule has 1 aliphatic rings. The molecule has 1 aliphatic heterocycles. The number of H-pyrrole nitrogens is 1. The fourth-order valence-electron chi connectivity index (χ4n) is 2.63. The molecule has 2 aromatic rings. The molecule has 0 saturated carbocycles. The molecular weight excluding hydrogens is 256 g/mol. The predicted molar refractivity (Wildman–Crippen MR) is 75.5 cm³/mol. The Hall–Kier alpha value is -1.92. The fraction of sp³-hybridized carbons (Fsp3) is 0.429. The van der Waals surface area contributed by atoms with Crippen molar-refractivity contribution in [2.24, 2.45) is 5.92 Å². The Labute approximate surface area is 116 Å². The summed E-state index contributed by atoms with van der Waals surface area (Å²) in [6.45, 7) is 3.74. The number of nitrogens with zero attached hydrogens (tertiary/aromatic N) is 1. The third kappa shape index (κ3) is 2.39. The Bertz CT molecular complexity index is 637. The number of hydrogen-bond donors (Lipinski definition) is 4. The lowest BCUT2D eigenvalue weighted by atomic mass is 10.0. The van der Waals surface area contributed by atoms with Gasteiger partial charge in [0.1, 0.15) is 0 Å². The van der Waals surface area contributed by atoms with Crippen molar-refractivity contribution >= 4 is 16.8 Å². The highest BCUT2D eigenvalue weighted by Crippen LogP contribution is 2.18. The highest BCUT2D eigenvalue weighted by molar-refractivity contribution is 6.05. The molecule has 6 heteroatoms. The number of nitrogens with one attached hydrogen (secondary N) is 3. The van der Waals surface area contributed by atoms with E-state index in [1.807, 2.05) is 19.1 Å². The van der Waals surface area contributed by atoms with Crippen LogP contribution in [-0.4, -0.2) is 46.9 Å². The number of rotatable bonds is 3. The number of aliphatic hydroxyl groups excluding tert-OH is 1. The summed E-state index contributed by atoms with van der Waals surface area (Å²) in [5.74, 6) is -0.0666. The molecule has 0 spiro atoms. The van der Waals surface area contributed by atoms with Crippen molar-refractivity contribution in [2.75, 3.05) is 19.6 Å². The summed E-state index contributed by atoms with van der Waals surface area (Å²) < 4.78 is 0. The van der Waals surface area contributed by atoms with E-state index in [-0.39, 0.29) is 17.9 Å². The van der Waals surface area contributed by atoms with Gasteiger partial charge in [0.05, 0.1) is 23.4 Å². The van der Waals surface area contributed by atoms with Gasteiger partial charge in [-0.2, -0.15) is 5.10 Å². The first-order valence-corrected chi connectivity index (χ1v) is 6.76. The van der Waals surface area contributed by atoms with Crippen LogP contribution >= 0.6 is 0 Å². The minimum absolute atomic E-state index is 0.0704. The summed E-state index contributed by atoms with van der Waals surface area (Å²) in [6.07, 6.45) is 1.32. The highest BCUT2D eigenvalue weighted by atomic mass is 16.3. The maximum atomic E-state index is 12.3. The zero-order valence-electron chi connectivity index (χ0n) is 11.3. The van der Waals surface area contributed by atoms with Gasteiger partial charge in [-0.05, 0) is 24.6 Å². The molecular formula is C14H18N4O2. The summed E-state index contributed by atoms with van der Waals surface area (Å²) in [5, 5.41) is 23.5. The van der Waals surface area contributed by atoms with Crippen LogP contribution in [0.25, 0.3) is 10.9 Å². The quantitative estimate of drug-likeness (QED) is 0.643. The Morgan fingerprint density at radius 1 is 1.50 bits per heavy atom. The molecule has 2 heterocycles. The topological polar surface area (TPSA) is 90.0 Å². The van der Waals surface area contributed by atoms with Gasteiger partial charge in [0.15, 0.2) is 0 Å². The van der Waals surface area contributed by atoms with Crippen molar-refractivity contribution < 1.29 is 9.90 Å². The molecule has 1 saturated heterocycles. The van der Waals surface area contributed by atoms with Gasteiger partial charge >= 0.3 is 0 Å². The molecule has 1 aromatic heterocycles. The van der Waals surface area contributed by atoms with Crippen molar-refractivity contribution in [2.45, 2.75) is 13.0 Å². The molecule has 0 bridgehead atoms. The van der Waals surface area contributed by atoms with E-state index >= 15 is 0 Å². The standard InChI is InChI=1S/C14H18N4O2/c1-8-2-9-6-17-18-13(9)11(3-8)14(20)16-5-10-4-15-7-12(10)19/h2-3,6,10,12,15,19H,4-5,7H2,1H3,(H,16,20)(H,17,18)/t10-,12-/m0/s1. The zero-order valence-corrected chi connectivity index (χ0v) is 11.3. The Morgan fingerprint density at radius 3 is 3.10 bits per heavy atom. The van der Waals surface area contributed by atoms with Crippen LogP contribution in [0.5, 0.6) is 0 Å². The lowest BCUT2D eigenvalue weighted by molar-refractivity contribution is 0.0928. The van der Waals surface area contributed by atoms with Crippen LogP contribution < -0.4 is 10.6 Å². The maximum Gasteiger partial charge on any atom is 0.253 e. The zero-order chi connectivity index (χ0) is 14.1. The van der Waals surface area contributed by atoms with E-state index in [4.69, 9.17) is 0 Å². The number of aromatic amines is 1. The lowest BCUT2D eigenvalue weighted by Crippen LogP contribution is -2.34. The van der Waals surface area contributed by atoms with Gasteiger partial charge < -0.3 is 15.7 Å². The van der Waals surface area contributed by atoms with Crippen molar-refractivity contribution in [3.05, 3.63) is 29.5 Å². The first-order valence-electron chi connectivity index (χ1n) is 6.76. The average molecular weight is 274 g/mol. The summed E-state index contributed by atoms with van der Waals surface area (Å²) in [6, 6.07) is 3.83. The van der Waals surface area contributed by atoms with E-state index in [0.29, 0.717) is 18.7 Å². The van der Waals surface area contributed by atoms with E-state index in [9.17, 15) is 9.90 Å². The number of amides is 1. The minimum atomic E-state index is -0.389. The molecule has 20 heavy (non-hydrogen) atoms. The molecule has 0 aliphatic carbocycles. The number of hydrogen-bond acceptors (Lipinski definition) is 4. The maximum absolute atomic E-state index is 12.3. The average Bonchev–Trinajstić information content (AvgIpc) is 3.03. The van der Waals surface area contributed by atoms with Crippen LogP contribution in [0, 0.1) is 12.8 Å². The largest absolute Gasteiger partial charge is 0.391 e. The van der Waals surface area contributed by atoms with Gasteiger partial charge in [0, 0.05) is 30.9 Å². The van der Waals surface area contributed by atoms with Gasteiger partial charge in [0.25, 0.3) is 5.91 Å². The molecule has 0 unspecified atom stereocenters. The second-order valence-electron chi connectivity index (χ2n) is 5.34. The number of fused-ring (bicyclic) bond motifs is 1. The smallest absolute Gasteiger partial charge is 0.253 e. The van der Waals surface area contributed by atoms with Gasteiger partial charge in [-0.3, -0.25) is 9.89 Å². The third-order valence-corrected chi connectivity index (χ3v) is 3.77. The molecule has 0 radical (unpaired) electrons. The van der Waals surface area contributed by atoms with Gasteiger partial charge in [-0.25, -0.2) is 0 Å². The predicted octanol–water partition coefficient (Wildman–Crippen LogP) is 0.181. The summed E-state index contributed by atoms with van der Waals surface area (Å²) >= 11 is 0. The SMILES string of the molecule is Cc1cc(C(=O)NC[C@@H]2CNC[C@@H]2O)c2[nH]ncc2c1. The second-order valence-corrected chi connectivity index (χ2v) is 5.34. The van der Waals surface area contributed by atoms with Crippen molar-refractivity contribution in [1.29, 1.82) is 0 Å². The Kier molecular flexibility index (Phi) is 3.42. The van der Waals surface area contributed by atoms with Crippen LogP contribution in [0.15, 0.2) is 18.3 Å². The number of carbonyl (C=O) groups is 1. The molecule has 1 fully saturated rings. The summed E-state index contributed by atoms with van der Waals surface area (Å²) in [4.78, 5) is 12.3. The number of carbonyl (C=O) groups excluding carboxylic acids is 1. The molecule has 2 atom stereocenters. The van der Waals surface area contributed by atoms with Crippen molar-refractivity contribution in [3.8, 4) is 0 Å². The van der Waals surface area contributed by atoms with E-state index in [2.05, 4.69) is 20.8 Å². The van der Waals surface area contributed by atoms with E-state index < -0.39 is 0 Å². The van der Waals surface area contributed by atoms with E-state index in [1.54, 1.807) is 6.20 Å².